The van der Waals surface area contributed by atoms with Crippen molar-refractivity contribution in [2.24, 2.45) is 0 Å². The first-order chi connectivity index (χ1) is 18.6. The zero-order valence-electron chi connectivity index (χ0n) is 24.7. The lowest BCUT2D eigenvalue weighted by Crippen LogP contribution is -2.18. The van der Waals surface area contributed by atoms with Gasteiger partial charge in [0.15, 0.2) is 0 Å². The van der Waals surface area contributed by atoms with Crippen LogP contribution in [0, 0.1) is 0 Å². The maximum Gasteiger partial charge on any atom is 0.306 e. The number of carbonyl (C=O) groups is 2. The summed E-state index contributed by atoms with van der Waals surface area (Å²) in [7, 11) is 0. The SMILES string of the molecule is CCCCC/C=C\C/C=C\C/C=C\C/C=C\CCCC(=O)OC(CCCC)CCCCCCCCC(=O)O. The zero-order valence-corrected chi connectivity index (χ0v) is 24.7. The summed E-state index contributed by atoms with van der Waals surface area (Å²) in [6, 6.07) is 0. The van der Waals surface area contributed by atoms with Crippen molar-refractivity contribution in [3.8, 4) is 0 Å². The molecule has 4 heteroatoms. The number of unbranched alkanes of at least 4 members (excludes halogenated alkanes) is 10. The van der Waals surface area contributed by atoms with Crippen molar-refractivity contribution >= 4 is 11.9 Å². The minimum atomic E-state index is -0.704. The summed E-state index contributed by atoms with van der Waals surface area (Å²) in [5, 5.41) is 8.68. The van der Waals surface area contributed by atoms with Crippen LogP contribution in [0.25, 0.3) is 0 Å². The molecule has 0 saturated carbocycles. The number of esters is 1. The second kappa shape index (κ2) is 29.5. The molecule has 1 unspecified atom stereocenters. The quantitative estimate of drug-likeness (QED) is 0.0651. The van der Waals surface area contributed by atoms with Crippen molar-refractivity contribution in [3.05, 3.63) is 48.6 Å². The number of carboxylic acids is 1. The van der Waals surface area contributed by atoms with Gasteiger partial charge in [0.05, 0.1) is 0 Å². The molecule has 0 aliphatic carbocycles. The van der Waals surface area contributed by atoms with Gasteiger partial charge in [-0.25, -0.2) is 0 Å². The Morgan fingerprint density at radius 1 is 0.579 bits per heavy atom. The van der Waals surface area contributed by atoms with Crippen molar-refractivity contribution in [2.45, 2.75) is 155 Å². The Labute approximate surface area is 234 Å². The highest BCUT2D eigenvalue weighted by Gasteiger charge is 2.13. The number of carboxylic acid groups (broad SMARTS) is 1. The van der Waals surface area contributed by atoms with E-state index in [1.807, 2.05) is 0 Å². The van der Waals surface area contributed by atoms with E-state index in [0.29, 0.717) is 6.42 Å². The number of hydrogen-bond acceptors (Lipinski definition) is 3. The monoisotopic (exact) mass is 530 g/mol. The topological polar surface area (TPSA) is 63.6 Å². The fourth-order valence-electron chi connectivity index (χ4n) is 4.22. The van der Waals surface area contributed by atoms with Crippen LogP contribution in [0.4, 0.5) is 0 Å². The molecule has 38 heavy (non-hydrogen) atoms. The van der Waals surface area contributed by atoms with E-state index in [2.05, 4.69) is 62.5 Å². The minimum Gasteiger partial charge on any atom is -0.481 e. The number of carbonyl (C=O) groups excluding carboxylic acids is 1. The minimum absolute atomic E-state index is 0.0472. The van der Waals surface area contributed by atoms with E-state index in [0.717, 1.165) is 96.3 Å². The van der Waals surface area contributed by atoms with Gasteiger partial charge in [-0.2, -0.15) is 0 Å². The van der Waals surface area contributed by atoms with E-state index in [9.17, 15) is 9.59 Å². The molecule has 0 rings (SSSR count). The Kier molecular flexibility index (Phi) is 27.8. The fraction of sp³-hybridized carbons (Fsp3) is 0.706. The first-order valence-electron chi connectivity index (χ1n) is 15.6. The summed E-state index contributed by atoms with van der Waals surface area (Å²) >= 11 is 0. The number of aliphatic carboxylic acids is 1. The first kappa shape index (κ1) is 35.9. The van der Waals surface area contributed by atoms with Crippen LogP contribution in [0.3, 0.4) is 0 Å². The van der Waals surface area contributed by atoms with Crippen LogP contribution in [0.1, 0.15) is 149 Å². The Hall–Kier alpha value is -2.10. The average Bonchev–Trinajstić information content (AvgIpc) is 2.90. The van der Waals surface area contributed by atoms with Gasteiger partial charge in [0.2, 0.25) is 0 Å². The summed E-state index contributed by atoms with van der Waals surface area (Å²) in [6.07, 6.45) is 38.7. The molecule has 0 heterocycles. The molecular weight excluding hydrogens is 472 g/mol. The first-order valence-corrected chi connectivity index (χ1v) is 15.6. The van der Waals surface area contributed by atoms with Crippen molar-refractivity contribution in [1.29, 1.82) is 0 Å². The molecule has 0 fully saturated rings. The summed E-state index contributed by atoms with van der Waals surface area (Å²) in [4.78, 5) is 22.9. The maximum absolute atomic E-state index is 12.3. The van der Waals surface area contributed by atoms with E-state index in [4.69, 9.17) is 9.84 Å². The Bertz CT molecular complexity index is 659. The molecule has 0 radical (unpaired) electrons. The number of hydrogen-bond donors (Lipinski definition) is 1. The highest BCUT2D eigenvalue weighted by Crippen LogP contribution is 2.16. The van der Waals surface area contributed by atoms with Gasteiger partial charge < -0.3 is 9.84 Å². The third-order valence-electron chi connectivity index (χ3n) is 6.55. The van der Waals surface area contributed by atoms with Gasteiger partial charge in [0.25, 0.3) is 0 Å². The molecule has 0 saturated heterocycles. The third kappa shape index (κ3) is 28.5. The number of allylic oxidation sites excluding steroid dienone is 8. The molecule has 0 aromatic heterocycles. The van der Waals surface area contributed by atoms with E-state index < -0.39 is 5.97 Å². The molecule has 218 valence electrons. The standard InChI is InChI=1S/C34H58O4/c1-3-5-7-8-9-10-11-12-13-14-15-16-17-18-19-24-27-31-34(37)38-32(28-6-4-2)29-25-22-20-21-23-26-30-33(35)36/h9-10,12-13,15-16,18-19,32H,3-8,11,14,17,20-31H2,1-2H3,(H,35,36)/b10-9-,13-12-,16-15-,19-18-. The molecule has 1 N–H and O–H groups in total. The molecule has 0 aliphatic rings. The van der Waals surface area contributed by atoms with Crippen molar-refractivity contribution in [1.82, 2.24) is 0 Å². The van der Waals surface area contributed by atoms with Crippen LogP contribution in [0.2, 0.25) is 0 Å². The zero-order chi connectivity index (χ0) is 27.9. The number of rotatable bonds is 27. The summed E-state index contributed by atoms with van der Waals surface area (Å²) in [6.45, 7) is 4.41. The molecule has 0 aromatic rings. The van der Waals surface area contributed by atoms with Crippen LogP contribution >= 0.6 is 0 Å². The lowest BCUT2D eigenvalue weighted by atomic mass is 10.0. The van der Waals surface area contributed by atoms with Crippen LogP contribution in [-0.4, -0.2) is 23.1 Å². The highest BCUT2D eigenvalue weighted by atomic mass is 16.5. The summed E-state index contributed by atoms with van der Waals surface area (Å²) < 4.78 is 5.80. The smallest absolute Gasteiger partial charge is 0.306 e. The molecule has 0 aromatic carbocycles. The van der Waals surface area contributed by atoms with Crippen LogP contribution in [-0.2, 0) is 14.3 Å². The normalized spacial score (nSPS) is 12.9. The molecule has 0 bridgehead atoms. The lowest BCUT2D eigenvalue weighted by molar-refractivity contribution is -0.150. The van der Waals surface area contributed by atoms with E-state index in [1.54, 1.807) is 0 Å². The molecule has 0 amide bonds. The predicted octanol–water partition coefficient (Wildman–Crippen LogP) is 10.4. The van der Waals surface area contributed by atoms with Gasteiger partial charge in [-0.15, -0.1) is 0 Å². The second-order valence-electron chi connectivity index (χ2n) is 10.3. The number of ether oxygens (including phenoxy) is 1. The Morgan fingerprint density at radius 2 is 1.08 bits per heavy atom. The predicted molar refractivity (Wildman–Crippen MR) is 162 cm³/mol. The van der Waals surface area contributed by atoms with Gasteiger partial charge >= 0.3 is 11.9 Å². The lowest BCUT2D eigenvalue weighted by Gasteiger charge is -2.17. The van der Waals surface area contributed by atoms with Crippen LogP contribution in [0.5, 0.6) is 0 Å². The molecule has 0 aliphatic heterocycles. The summed E-state index contributed by atoms with van der Waals surface area (Å²) in [5.74, 6) is -0.763. The Balaban J connectivity index is 3.85. The van der Waals surface area contributed by atoms with Gasteiger partial charge in [-0.1, -0.05) is 114 Å². The van der Waals surface area contributed by atoms with Crippen molar-refractivity contribution in [2.75, 3.05) is 0 Å². The largest absolute Gasteiger partial charge is 0.481 e. The molecule has 4 nitrogen and oxygen atoms in total. The average molecular weight is 531 g/mol. The third-order valence-corrected chi connectivity index (χ3v) is 6.55. The molecular formula is C34H58O4. The Morgan fingerprint density at radius 3 is 1.66 bits per heavy atom. The molecule has 1 atom stereocenters. The van der Waals surface area contributed by atoms with Gasteiger partial charge in [0.1, 0.15) is 6.10 Å². The van der Waals surface area contributed by atoms with Gasteiger partial charge in [-0.3, -0.25) is 9.59 Å². The highest BCUT2D eigenvalue weighted by molar-refractivity contribution is 5.69. The maximum atomic E-state index is 12.3. The second-order valence-corrected chi connectivity index (χ2v) is 10.3. The fourth-order valence-corrected chi connectivity index (χ4v) is 4.22. The van der Waals surface area contributed by atoms with E-state index in [1.165, 1.54) is 25.7 Å². The van der Waals surface area contributed by atoms with Gasteiger partial charge in [0, 0.05) is 12.8 Å². The van der Waals surface area contributed by atoms with Crippen molar-refractivity contribution in [3.63, 3.8) is 0 Å². The summed E-state index contributed by atoms with van der Waals surface area (Å²) in [5.41, 5.74) is 0. The van der Waals surface area contributed by atoms with E-state index in [-0.39, 0.29) is 18.5 Å². The van der Waals surface area contributed by atoms with E-state index >= 15 is 0 Å². The van der Waals surface area contributed by atoms with Gasteiger partial charge in [-0.05, 0) is 70.6 Å². The van der Waals surface area contributed by atoms with Crippen molar-refractivity contribution < 1.29 is 19.4 Å². The van der Waals surface area contributed by atoms with Crippen LogP contribution in [0.15, 0.2) is 48.6 Å². The van der Waals surface area contributed by atoms with Crippen LogP contribution < -0.4 is 0 Å². The molecule has 0 spiro atoms.